The molecule has 12 heteroatoms. The maximum Gasteiger partial charge on any atom is 0.422 e. The Labute approximate surface area is 196 Å². The van der Waals surface area contributed by atoms with Gasteiger partial charge in [-0.2, -0.15) is 13.2 Å². The molecule has 0 bridgehead atoms. The van der Waals surface area contributed by atoms with Crippen molar-refractivity contribution in [2.75, 3.05) is 24.6 Å². The van der Waals surface area contributed by atoms with E-state index in [1.54, 1.807) is 43.4 Å². The van der Waals surface area contributed by atoms with Crippen LogP contribution in [0.15, 0.2) is 53.5 Å². The van der Waals surface area contributed by atoms with Crippen LogP contribution >= 0.6 is 24.0 Å². The third-order valence-electron chi connectivity index (χ3n) is 3.77. The van der Waals surface area contributed by atoms with Gasteiger partial charge in [0, 0.05) is 20.1 Å². The number of sulfonamides is 1. The number of ether oxygens (including phenoxy) is 1. The van der Waals surface area contributed by atoms with E-state index in [0.29, 0.717) is 24.7 Å². The van der Waals surface area contributed by atoms with E-state index in [1.807, 2.05) is 0 Å². The first-order valence-electron chi connectivity index (χ1n) is 8.84. The summed E-state index contributed by atoms with van der Waals surface area (Å²) in [6.07, 6.45) is -3.30. The van der Waals surface area contributed by atoms with Crippen LogP contribution in [0.2, 0.25) is 0 Å². The molecule has 0 atom stereocenters. The van der Waals surface area contributed by atoms with Crippen molar-refractivity contribution in [2.45, 2.75) is 19.3 Å². The summed E-state index contributed by atoms with van der Waals surface area (Å²) in [5.74, 6) is 0.607. The van der Waals surface area contributed by atoms with E-state index in [9.17, 15) is 21.6 Å². The van der Waals surface area contributed by atoms with Gasteiger partial charge >= 0.3 is 6.18 Å². The number of hydrogen-bond acceptors (Lipinski definition) is 4. The lowest BCUT2D eigenvalue weighted by Crippen LogP contribution is -2.36. The van der Waals surface area contributed by atoms with Gasteiger partial charge in [0.2, 0.25) is 10.0 Å². The largest absolute Gasteiger partial charge is 0.484 e. The minimum absolute atomic E-state index is 0. The SMILES string of the molecule is CN=C(NCc1ccc(OCC(F)(F)F)cc1)NCc1ccccc1NS(C)(=O)=O.I. The first kappa shape index (κ1) is 26.8. The highest BCUT2D eigenvalue weighted by Crippen LogP contribution is 2.19. The molecule has 3 N–H and O–H groups in total. The van der Waals surface area contributed by atoms with Gasteiger partial charge in [0.1, 0.15) is 5.75 Å². The second-order valence-corrected chi connectivity index (χ2v) is 8.11. The van der Waals surface area contributed by atoms with Crippen LogP contribution in [0.5, 0.6) is 5.75 Å². The van der Waals surface area contributed by atoms with Gasteiger partial charge in [0.05, 0.1) is 11.9 Å². The summed E-state index contributed by atoms with van der Waals surface area (Å²) >= 11 is 0. The molecule has 0 spiro atoms. The van der Waals surface area contributed by atoms with E-state index < -0.39 is 22.8 Å². The zero-order valence-electron chi connectivity index (χ0n) is 16.9. The van der Waals surface area contributed by atoms with Crippen LogP contribution in [0.25, 0.3) is 0 Å². The molecule has 2 aromatic carbocycles. The van der Waals surface area contributed by atoms with E-state index in [-0.39, 0.29) is 29.7 Å². The average Bonchev–Trinajstić information content (AvgIpc) is 2.67. The molecule has 0 aliphatic heterocycles. The predicted octanol–water partition coefficient (Wildman–Crippen LogP) is 3.48. The Morgan fingerprint density at radius 1 is 1.03 bits per heavy atom. The van der Waals surface area contributed by atoms with Gasteiger partial charge in [-0.05, 0) is 29.3 Å². The molecule has 172 valence electrons. The van der Waals surface area contributed by atoms with Crippen molar-refractivity contribution in [1.29, 1.82) is 0 Å². The summed E-state index contributed by atoms with van der Waals surface area (Å²) in [5.41, 5.74) is 2.02. The van der Waals surface area contributed by atoms with Crippen LogP contribution < -0.4 is 20.1 Å². The van der Waals surface area contributed by atoms with Crippen LogP contribution in [-0.2, 0) is 23.1 Å². The van der Waals surface area contributed by atoms with E-state index >= 15 is 0 Å². The number of nitrogens with one attached hydrogen (secondary N) is 3. The van der Waals surface area contributed by atoms with E-state index in [4.69, 9.17) is 0 Å². The number of nitrogens with zero attached hydrogens (tertiary/aromatic N) is 1. The Morgan fingerprint density at radius 3 is 2.23 bits per heavy atom. The molecule has 2 aromatic rings. The fraction of sp³-hybridized carbons (Fsp3) is 0.316. The summed E-state index contributed by atoms with van der Waals surface area (Å²) in [4.78, 5) is 4.10. The predicted molar refractivity (Wildman–Crippen MR) is 125 cm³/mol. The molecule has 7 nitrogen and oxygen atoms in total. The van der Waals surface area contributed by atoms with Crippen molar-refractivity contribution >= 4 is 45.6 Å². The molecular weight excluding hydrogens is 548 g/mol. The Balaban J connectivity index is 0.00000480. The van der Waals surface area contributed by atoms with Gasteiger partial charge in [-0.3, -0.25) is 9.71 Å². The summed E-state index contributed by atoms with van der Waals surface area (Å²) < 4.78 is 66.7. The standard InChI is InChI=1S/C19H23F3N4O3S.HI/c1-23-18(25-12-15-5-3-4-6-17(15)26-30(2,27)28)24-11-14-7-9-16(10-8-14)29-13-19(20,21)22;/h3-10,26H,11-13H2,1-2H3,(H2,23,24,25);1H. The average molecular weight is 572 g/mol. The van der Waals surface area contributed by atoms with Gasteiger partial charge in [-0.25, -0.2) is 8.42 Å². The Hall–Kier alpha value is -2.22. The van der Waals surface area contributed by atoms with Crippen molar-refractivity contribution in [1.82, 2.24) is 10.6 Å². The summed E-state index contributed by atoms with van der Waals surface area (Å²) in [6.45, 7) is -0.637. The lowest BCUT2D eigenvalue weighted by atomic mass is 10.2. The number of anilines is 1. The third kappa shape index (κ3) is 10.6. The van der Waals surface area contributed by atoms with E-state index in [0.717, 1.165) is 17.4 Å². The van der Waals surface area contributed by atoms with E-state index in [2.05, 4.69) is 25.1 Å². The summed E-state index contributed by atoms with van der Waals surface area (Å²) in [5, 5.41) is 6.16. The molecule has 0 saturated heterocycles. The Morgan fingerprint density at radius 2 is 1.65 bits per heavy atom. The Kier molecular flexibility index (Phi) is 10.4. The maximum absolute atomic E-state index is 12.2. The molecule has 0 aliphatic rings. The Bertz CT molecular complexity index is 968. The molecule has 0 amide bonds. The van der Waals surface area contributed by atoms with Gasteiger partial charge in [0.25, 0.3) is 0 Å². The number of hydrogen-bond donors (Lipinski definition) is 3. The number of aliphatic imine (C=N–C) groups is 1. The fourth-order valence-corrected chi connectivity index (χ4v) is 3.03. The molecular formula is C19H24F3IN4O3S. The van der Waals surface area contributed by atoms with Crippen LogP contribution in [-0.4, -0.2) is 40.5 Å². The van der Waals surface area contributed by atoms with Crippen molar-refractivity contribution < 1.29 is 26.3 Å². The van der Waals surface area contributed by atoms with Gasteiger partial charge in [0.15, 0.2) is 12.6 Å². The first-order chi connectivity index (χ1) is 14.1. The summed E-state index contributed by atoms with van der Waals surface area (Å²) in [7, 11) is -1.81. The number of benzene rings is 2. The van der Waals surface area contributed by atoms with Crippen molar-refractivity contribution in [3.8, 4) is 5.75 Å². The van der Waals surface area contributed by atoms with Crippen LogP contribution in [0.1, 0.15) is 11.1 Å². The quantitative estimate of drug-likeness (QED) is 0.256. The molecule has 0 aliphatic carbocycles. The maximum atomic E-state index is 12.2. The monoisotopic (exact) mass is 572 g/mol. The minimum Gasteiger partial charge on any atom is -0.484 e. The van der Waals surface area contributed by atoms with Crippen LogP contribution in [0, 0.1) is 0 Å². The third-order valence-corrected chi connectivity index (χ3v) is 4.36. The molecule has 2 rings (SSSR count). The van der Waals surface area contributed by atoms with Crippen LogP contribution in [0.4, 0.5) is 18.9 Å². The highest BCUT2D eigenvalue weighted by molar-refractivity contribution is 14.0. The van der Waals surface area contributed by atoms with Crippen molar-refractivity contribution in [3.05, 3.63) is 59.7 Å². The minimum atomic E-state index is -4.38. The number of halogens is 4. The highest BCUT2D eigenvalue weighted by atomic mass is 127. The number of rotatable bonds is 8. The van der Waals surface area contributed by atoms with Crippen LogP contribution in [0.3, 0.4) is 0 Å². The van der Waals surface area contributed by atoms with Gasteiger partial charge < -0.3 is 15.4 Å². The lowest BCUT2D eigenvalue weighted by molar-refractivity contribution is -0.153. The molecule has 0 saturated carbocycles. The number of para-hydroxylation sites is 1. The number of alkyl halides is 3. The molecule has 0 fully saturated rings. The number of guanidine groups is 1. The molecule has 0 unspecified atom stereocenters. The first-order valence-corrected chi connectivity index (χ1v) is 10.7. The van der Waals surface area contributed by atoms with Crippen molar-refractivity contribution in [3.63, 3.8) is 0 Å². The normalized spacial score (nSPS) is 12.0. The topological polar surface area (TPSA) is 91.8 Å². The molecule has 31 heavy (non-hydrogen) atoms. The second kappa shape index (κ2) is 12.0. The lowest BCUT2D eigenvalue weighted by Gasteiger charge is -2.15. The summed E-state index contributed by atoms with van der Waals surface area (Å²) in [6, 6.07) is 13.2. The van der Waals surface area contributed by atoms with Gasteiger partial charge in [-0.15, -0.1) is 24.0 Å². The highest BCUT2D eigenvalue weighted by Gasteiger charge is 2.28. The zero-order chi connectivity index (χ0) is 22.2. The smallest absolute Gasteiger partial charge is 0.422 e. The molecule has 0 heterocycles. The fourth-order valence-electron chi connectivity index (χ4n) is 2.43. The van der Waals surface area contributed by atoms with Gasteiger partial charge in [-0.1, -0.05) is 30.3 Å². The molecule has 0 aromatic heterocycles. The molecule has 0 radical (unpaired) electrons. The van der Waals surface area contributed by atoms with E-state index in [1.165, 1.54) is 12.1 Å². The second-order valence-electron chi connectivity index (χ2n) is 6.36. The van der Waals surface area contributed by atoms with Crippen molar-refractivity contribution in [2.24, 2.45) is 4.99 Å². The zero-order valence-corrected chi connectivity index (χ0v) is 20.0.